The minimum Gasteiger partial charge on any atom is -0.396 e. The smallest absolute Gasteiger partial charge is 0.243 e. The molecular formula is C11H18N2O3S. The van der Waals surface area contributed by atoms with Crippen LogP contribution in [0.2, 0.25) is 0 Å². The predicted molar refractivity (Wildman–Crippen MR) is 65.4 cm³/mol. The molecule has 0 aromatic carbocycles. The number of fused-ring (bicyclic) bond motifs is 1. The maximum Gasteiger partial charge on any atom is 0.243 e. The van der Waals surface area contributed by atoms with Gasteiger partial charge in [-0.1, -0.05) is 0 Å². The summed E-state index contributed by atoms with van der Waals surface area (Å²) in [6.07, 6.45) is 1.93. The summed E-state index contributed by atoms with van der Waals surface area (Å²) in [6, 6.07) is -0.335. The van der Waals surface area contributed by atoms with Gasteiger partial charge in [-0.25, -0.2) is 0 Å². The van der Waals surface area contributed by atoms with Crippen LogP contribution >= 0.6 is 11.8 Å². The Morgan fingerprint density at radius 2 is 2.47 bits per heavy atom. The fourth-order valence-electron chi connectivity index (χ4n) is 2.42. The number of rotatable bonds is 4. The average Bonchev–Trinajstić information content (AvgIpc) is 2.77. The highest BCUT2D eigenvalue weighted by atomic mass is 32.2. The second-order valence-corrected chi connectivity index (χ2v) is 6.14. The second-order valence-electron chi connectivity index (χ2n) is 4.63. The Morgan fingerprint density at radius 3 is 3.18 bits per heavy atom. The van der Waals surface area contributed by atoms with Crippen molar-refractivity contribution in [2.45, 2.75) is 37.1 Å². The standard InChI is InChI=1S/C11H18N2O3S/c1-11-4-3-9(15)13(11)8(7-17-11)10(16)12-5-2-6-14/h8,14H,2-7H2,1H3,(H,12,16). The molecule has 2 heterocycles. The van der Waals surface area contributed by atoms with Crippen molar-refractivity contribution in [3.8, 4) is 0 Å². The van der Waals surface area contributed by atoms with Crippen molar-refractivity contribution in [3.63, 3.8) is 0 Å². The van der Waals surface area contributed by atoms with Gasteiger partial charge in [0.05, 0.1) is 4.87 Å². The van der Waals surface area contributed by atoms with Crippen LogP contribution in [-0.4, -0.2) is 51.6 Å². The normalized spacial score (nSPS) is 31.8. The van der Waals surface area contributed by atoms with Gasteiger partial charge in [0, 0.05) is 25.3 Å². The Morgan fingerprint density at radius 1 is 1.71 bits per heavy atom. The Balaban J connectivity index is 1.98. The highest BCUT2D eigenvalue weighted by molar-refractivity contribution is 8.01. The van der Waals surface area contributed by atoms with E-state index in [0.29, 0.717) is 25.1 Å². The molecule has 2 amide bonds. The van der Waals surface area contributed by atoms with Crippen LogP contribution in [-0.2, 0) is 9.59 Å². The van der Waals surface area contributed by atoms with Gasteiger partial charge in [0.2, 0.25) is 11.8 Å². The van der Waals surface area contributed by atoms with Crippen LogP contribution < -0.4 is 5.32 Å². The van der Waals surface area contributed by atoms with Crippen molar-refractivity contribution in [1.29, 1.82) is 0 Å². The number of aliphatic hydroxyl groups is 1. The maximum atomic E-state index is 12.0. The Bertz CT molecular complexity index is 337. The van der Waals surface area contributed by atoms with Crippen LogP contribution in [0.3, 0.4) is 0 Å². The maximum absolute atomic E-state index is 12.0. The molecule has 2 rings (SSSR count). The monoisotopic (exact) mass is 258 g/mol. The Kier molecular flexibility index (Phi) is 3.63. The number of thioether (sulfide) groups is 1. The largest absolute Gasteiger partial charge is 0.396 e. The van der Waals surface area contributed by atoms with E-state index in [1.54, 1.807) is 16.7 Å². The third-order valence-corrected chi connectivity index (χ3v) is 4.89. The van der Waals surface area contributed by atoms with Crippen LogP contribution in [0.25, 0.3) is 0 Å². The minimum atomic E-state index is -0.335. The van der Waals surface area contributed by atoms with E-state index in [9.17, 15) is 9.59 Å². The van der Waals surface area contributed by atoms with Crippen LogP contribution in [0.4, 0.5) is 0 Å². The molecule has 2 saturated heterocycles. The fourth-order valence-corrected chi connectivity index (χ4v) is 3.86. The third kappa shape index (κ3) is 2.28. The molecule has 6 heteroatoms. The lowest BCUT2D eigenvalue weighted by atomic mass is 10.2. The van der Waals surface area contributed by atoms with Gasteiger partial charge >= 0.3 is 0 Å². The summed E-state index contributed by atoms with van der Waals surface area (Å²) in [4.78, 5) is 25.3. The van der Waals surface area contributed by atoms with Crippen LogP contribution in [0.1, 0.15) is 26.2 Å². The van der Waals surface area contributed by atoms with Gasteiger partial charge in [-0.05, 0) is 19.8 Å². The summed E-state index contributed by atoms with van der Waals surface area (Å²) in [5, 5.41) is 11.4. The van der Waals surface area contributed by atoms with E-state index in [4.69, 9.17) is 5.11 Å². The van der Waals surface area contributed by atoms with Gasteiger partial charge in [0.1, 0.15) is 6.04 Å². The van der Waals surface area contributed by atoms with Crippen molar-refractivity contribution in [2.24, 2.45) is 0 Å². The number of hydrogen-bond donors (Lipinski definition) is 2. The topological polar surface area (TPSA) is 69.6 Å². The lowest BCUT2D eigenvalue weighted by Gasteiger charge is -2.29. The zero-order valence-electron chi connectivity index (χ0n) is 9.94. The molecule has 17 heavy (non-hydrogen) atoms. The van der Waals surface area contributed by atoms with E-state index in [-0.39, 0.29) is 29.3 Å². The first kappa shape index (κ1) is 12.7. The highest BCUT2D eigenvalue weighted by Gasteiger charge is 2.52. The molecule has 0 aromatic rings. The zero-order chi connectivity index (χ0) is 12.5. The number of carbonyl (C=O) groups excluding carboxylic acids is 2. The first-order valence-corrected chi connectivity index (χ1v) is 6.92. The number of hydrogen-bond acceptors (Lipinski definition) is 4. The number of carbonyl (C=O) groups is 2. The van der Waals surface area contributed by atoms with Crippen LogP contribution in [0, 0.1) is 0 Å². The average molecular weight is 258 g/mol. The van der Waals surface area contributed by atoms with E-state index >= 15 is 0 Å². The quantitative estimate of drug-likeness (QED) is 0.693. The molecule has 0 spiro atoms. The lowest BCUT2D eigenvalue weighted by molar-refractivity contribution is -0.137. The van der Waals surface area contributed by atoms with Gasteiger partial charge in [0.15, 0.2) is 0 Å². The number of aliphatic hydroxyl groups excluding tert-OH is 1. The lowest BCUT2D eigenvalue weighted by Crippen LogP contribution is -2.50. The molecule has 5 nitrogen and oxygen atoms in total. The first-order valence-electron chi connectivity index (χ1n) is 5.93. The summed E-state index contributed by atoms with van der Waals surface area (Å²) >= 11 is 1.69. The van der Waals surface area contributed by atoms with Gasteiger partial charge in [-0.15, -0.1) is 11.8 Å². The summed E-state index contributed by atoms with van der Waals surface area (Å²) < 4.78 is 0. The Labute approximate surface area is 105 Å². The van der Waals surface area contributed by atoms with Crippen molar-refractivity contribution in [2.75, 3.05) is 18.9 Å². The van der Waals surface area contributed by atoms with Crippen molar-refractivity contribution >= 4 is 23.6 Å². The van der Waals surface area contributed by atoms with Crippen molar-refractivity contribution < 1.29 is 14.7 Å². The van der Waals surface area contributed by atoms with Crippen LogP contribution in [0.15, 0.2) is 0 Å². The molecule has 2 N–H and O–H groups in total. The zero-order valence-corrected chi connectivity index (χ0v) is 10.8. The SMILES string of the molecule is CC12CCC(=O)N1C(C(=O)NCCCO)CS2. The first-order chi connectivity index (χ1) is 8.08. The summed E-state index contributed by atoms with van der Waals surface area (Å²) in [6.45, 7) is 2.57. The van der Waals surface area contributed by atoms with E-state index < -0.39 is 0 Å². The van der Waals surface area contributed by atoms with E-state index in [2.05, 4.69) is 5.32 Å². The van der Waals surface area contributed by atoms with Crippen molar-refractivity contribution in [3.05, 3.63) is 0 Å². The molecule has 0 radical (unpaired) electrons. The molecule has 2 atom stereocenters. The molecule has 0 aliphatic carbocycles. The molecule has 0 saturated carbocycles. The molecule has 0 bridgehead atoms. The fraction of sp³-hybridized carbons (Fsp3) is 0.818. The molecule has 2 fully saturated rings. The van der Waals surface area contributed by atoms with Gasteiger partial charge in [0.25, 0.3) is 0 Å². The van der Waals surface area contributed by atoms with Crippen LogP contribution in [0.5, 0.6) is 0 Å². The van der Waals surface area contributed by atoms with Gasteiger partial charge in [-0.2, -0.15) is 0 Å². The van der Waals surface area contributed by atoms with Gasteiger partial charge in [-0.3, -0.25) is 9.59 Å². The van der Waals surface area contributed by atoms with E-state index in [0.717, 1.165) is 6.42 Å². The summed E-state index contributed by atoms with van der Waals surface area (Å²) in [5.41, 5.74) is 0. The van der Waals surface area contributed by atoms with E-state index in [1.807, 2.05) is 6.92 Å². The van der Waals surface area contributed by atoms with E-state index in [1.165, 1.54) is 0 Å². The number of amides is 2. The van der Waals surface area contributed by atoms with Crippen molar-refractivity contribution in [1.82, 2.24) is 10.2 Å². The third-order valence-electron chi connectivity index (χ3n) is 3.38. The molecule has 2 unspecified atom stereocenters. The van der Waals surface area contributed by atoms with Gasteiger partial charge < -0.3 is 15.3 Å². The molecule has 0 aromatic heterocycles. The second kappa shape index (κ2) is 4.86. The summed E-state index contributed by atoms with van der Waals surface area (Å²) in [7, 11) is 0. The molecule has 2 aliphatic rings. The summed E-state index contributed by atoms with van der Waals surface area (Å²) in [5.74, 6) is 0.664. The molecule has 2 aliphatic heterocycles. The number of nitrogens with one attached hydrogen (secondary N) is 1. The number of nitrogens with zero attached hydrogens (tertiary/aromatic N) is 1. The predicted octanol–water partition coefficient (Wildman–Crippen LogP) is -0.0610. The highest BCUT2D eigenvalue weighted by Crippen LogP contribution is 2.47. The Hall–Kier alpha value is -0.750. The molecule has 96 valence electrons. The minimum absolute atomic E-state index is 0.0695. The molecular weight excluding hydrogens is 240 g/mol.